The first kappa shape index (κ1) is 39.2. The van der Waals surface area contributed by atoms with Crippen LogP contribution in [0.5, 0.6) is 11.5 Å². The Kier molecular flexibility index (Phi) is 20.4. The molecule has 0 saturated carbocycles. The molecule has 0 unspecified atom stereocenters. The number of hydrogen-bond acceptors (Lipinski definition) is 7. The summed E-state index contributed by atoms with van der Waals surface area (Å²) in [7, 11) is -7.68. The van der Waals surface area contributed by atoms with Crippen molar-refractivity contribution in [2.45, 2.75) is 152 Å². The Morgan fingerprint density at radius 1 is 0.400 bits per heavy atom. The van der Waals surface area contributed by atoms with Crippen molar-refractivity contribution in [3.05, 3.63) is 48.5 Å². The molecule has 0 fully saturated rings. The topological polar surface area (TPSA) is 96.0 Å². The van der Waals surface area contributed by atoms with E-state index in [1.54, 1.807) is 24.3 Å². The molecule has 256 valence electrons. The summed E-state index contributed by atoms with van der Waals surface area (Å²) < 4.78 is 66.5. The first-order chi connectivity index (χ1) is 21.8. The van der Waals surface area contributed by atoms with Gasteiger partial charge in [0.05, 0.1) is 23.0 Å². The van der Waals surface area contributed by atoms with Gasteiger partial charge in [-0.05, 0) is 61.4 Å². The molecule has 2 aromatic rings. The summed E-state index contributed by atoms with van der Waals surface area (Å²) in [4.78, 5) is 0.144. The Morgan fingerprint density at radius 2 is 0.667 bits per heavy atom. The van der Waals surface area contributed by atoms with Gasteiger partial charge < -0.3 is 4.74 Å². The van der Waals surface area contributed by atoms with Crippen molar-refractivity contribution < 1.29 is 29.9 Å². The van der Waals surface area contributed by atoms with E-state index in [1.165, 1.54) is 114 Å². The average molecular weight is 667 g/mol. The molecule has 0 atom stereocenters. The van der Waals surface area contributed by atoms with Crippen LogP contribution in [0.1, 0.15) is 142 Å². The monoisotopic (exact) mass is 666 g/mol. The summed E-state index contributed by atoms with van der Waals surface area (Å²) in [6, 6.07) is 12.0. The predicted octanol–water partition coefficient (Wildman–Crippen LogP) is 10.7. The van der Waals surface area contributed by atoms with Gasteiger partial charge in [-0.1, -0.05) is 129 Å². The van der Waals surface area contributed by atoms with Crippen molar-refractivity contribution in [1.29, 1.82) is 0 Å². The van der Waals surface area contributed by atoms with Crippen LogP contribution in [0.2, 0.25) is 0 Å². The van der Waals surface area contributed by atoms with Crippen LogP contribution in [-0.2, 0) is 28.6 Å². The molecule has 7 nitrogen and oxygen atoms in total. The van der Waals surface area contributed by atoms with Crippen LogP contribution < -0.4 is 4.74 Å². The molecule has 0 aliphatic carbocycles. The van der Waals surface area contributed by atoms with Crippen molar-refractivity contribution in [2.24, 2.45) is 0 Å². The molecule has 0 bridgehead atoms. The molecular formula is C36H58O7S2. The molecule has 0 spiro atoms. The number of rotatable bonds is 28. The molecule has 2 aromatic carbocycles. The molecule has 2 rings (SSSR count). The van der Waals surface area contributed by atoms with Crippen LogP contribution in [0.15, 0.2) is 58.3 Å². The van der Waals surface area contributed by atoms with Gasteiger partial charge >= 0.3 is 0 Å². The average Bonchev–Trinajstić information content (AvgIpc) is 3.03. The zero-order valence-corrected chi connectivity index (χ0v) is 29.5. The number of unbranched alkanes of at least 4 members (excludes halogenated alkanes) is 18. The molecule has 45 heavy (non-hydrogen) atoms. The molecule has 0 aliphatic rings. The van der Waals surface area contributed by atoms with E-state index in [1.807, 2.05) is 0 Å². The Bertz CT molecular complexity index is 1130. The molecule has 0 saturated heterocycles. The van der Waals surface area contributed by atoms with Crippen LogP contribution in [0.25, 0.3) is 0 Å². The van der Waals surface area contributed by atoms with Gasteiger partial charge in [0.25, 0.3) is 20.2 Å². The molecule has 9 heteroatoms. The highest BCUT2D eigenvalue weighted by Gasteiger charge is 2.17. The third kappa shape index (κ3) is 17.5. The Hall–Kier alpha value is -1.94. The van der Waals surface area contributed by atoms with Gasteiger partial charge in [-0.25, -0.2) is 0 Å². The van der Waals surface area contributed by atoms with Crippen LogP contribution >= 0.6 is 0 Å². The first-order valence-electron chi connectivity index (χ1n) is 17.5. The van der Waals surface area contributed by atoms with Crippen LogP contribution in [0.4, 0.5) is 0 Å². The third-order valence-corrected chi connectivity index (χ3v) is 10.6. The quantitative estimate of drug-likeness (QED) is 0.0658. The smallest absolute Gasteiger partial charge is 0.296 e. The van der Waals surface area contributed by atoms with E-state index in [0.717, 1.165) is 25.7 Å². The summed E-state index contributed by atoms with van der Waals surface area (Å²) in [5.74, 6) is 0.855. The minimum absolute atomic E-state index is 0.0722. The minimum atomic E-state index is -3.84. The number of hydrogen-bond donors (Lipinski definition) is 0. The zero-order chi connectivity index (χ0) is 32.6. The standard InChI is InChI=1S/C36H58O7S2/c1-3-5-7-9-11-13-15-17-19-21-31-41-44(37,38)35-27-23-33(24-28-35)43-34-25-29-36(30-26-34)45(39,40)42-32-22-20-18-16-14-12-10-8-6-4-2/h23-30H,3-22,31-32H2,1-2H3. The maximum Gasteiger partial charge on any atom is 0.296 e. The molecule has 0 N–H and O–H groups in total. The number of ether oxygens (including phenoxy) is 1. The van der Waals surface area contributed by atoms with Crippen molar-refractivity contribution in [2.75, 3.05) is 13.2 Å². The second-order valence-electron chi connectivity index (χ2n) is 12.0. The lowest BCUT2D eigenvalue weighted by Gasteiger charge is -2.09. The van der Waals surface area contributed by atoms with E-state index in [0.29, 0.717) is 24.3 Å². The lowest BCUT2D eigenvalue weighted by Crippen LogP contribution is -2.08. The van der Waals surface area contributed by atoms with E-state index in [2.05, 4.69) is 13.8 Å². The minimum Gasteiger partial charge on any atom is -0.457 e. The molecule has 0 amide bonds. The summed E-state index contributed by atoms with van der Waals surface area (Å²) in [5, 5.41) is 0. The lowest BCUT2D eigenvalue weighted by atomic mass is 10.1. The van der Waals surface area contributed by atoms with Crippen LogP contribution in [0.3, 0.4) is 0 Å². The van der Waals surface area contributed by atoms with Crippen molar-refractivity contribution >= 4 is 20.2 Å². The van der Waals surface area contributed by atoms with Crippen molar-refractivity contribution in [1.82, 2.24) is 0 Å². The second-order valence-corrected chi connectivity index (χ2v) is 15.2. The van der Waals surface area contributed by atoms with Crippen LogP contribution in [-0.4, -0.2) is 30.0 Å². The van der Waals surface area contributed by atoms with Gasteiger partial charge in [-0.3, -0.25) is 8.37 Å². The first-order valence-corrected chi connectivity index (χ1v) is 20.3. The van der Waals surface area contributed by atoms with E-state index in [4.69, 9.17) is 13.1 Å². The molecule has 0 heterocycles. The highest BCUT2D eigenvalue weighted by atomic mass is 32.2. The summed E-state index contributed by atoms with van der Waals surface area (Å²) in [5.41, 5.74) is 0. The fourth-order valence-electron chi connectivity index (χ4n) is 5.14. The third-order valence-electron chi connectivity index (χ3n) is 7.93. The molecule has 0 radical (unpaired) electrons. The van der Waals surface area contributed by atoms with E-state index < -0.39 is 20.2 Å². The fraction of sp³-hybridized carbons (Fsp3) is 0.667. The Morgan fingerprint density at radius 3 is 0.956 bits per heavy atom. The fourth-order valence-corrected chi connectivity index (χ4v) is 7.02. The van der Waals surface area contributed by atoms with Crippen molar-refractivity contribution in [3.8, 4) is 11.5 Å². The molecule has 0 aliphatic heterocycles. The molecular weight excluding hydrogens is 609 g/mol. The summed E-state index contributed by atoms with van der Waals surface area (Å²) in [6.45, 7) is 4.80. The van der Waals surface area contributed by atoms with Gasteiger partial charge in [-0.15, -0.1) is 0 Å². The van der Waals surface area contributed by atoms with Crippen LogP contribution in [0, 0.1) is 0 Å². The Labute approximate surface area is 274 Å². The zero-order valence-electron chi connectivity index (χ0n) is 27.8. The Balaban J connectivity index is 1.65. The summed E-state index contributed by atoms with van der Waals surface area (Å²) >= 11 is 0. The van der Waals surface area contributed by atoms with Gasteiger partial charge in [0.2, 0.25) is 0 Å². The lowest BCUT2D eigenvalue weighted by molar-refractivity contribution is 0.305. The SMILES string of the molecule is CCCCCCCCCCCCOS(=O)(=O)c1ccc(Oc2ccc(S(=O)(=O)OCCCCCCCCCCCC)cc2)cc1. The van der Waals surface area contributed by atoms with Gasteiger partial charge in [0, 0.05) is 0 Å². The summed E-state index contributed by atoms with van der Waals surface area (Å²) in [6.07, 6.45) is 23.4. The normalized spacial score (nSPS) is 12.0. The maximum atomic E-state index is 12.6. The second kappa shape index (κ2) is 23.4. The highest BCUT2D eigenvalue weighted by molar-refractivity contribution is 7.87. The molecule has 0 aromatic heterocycles. The highest BCUT2D eigenvalue weighted by Crippen LogP contribution is 2.26. The van der Waals surface area contributed by atoms with Crippen molar-refractivity contribution in [3.63, 3.8) is 0 Å². The predicted molar refractivity (Wildman–Crippen MR) is 183 cm³/mol. The van der Waals surface area contributed by atoms with Gasteiger partial charge in [0.1, 0.15) is 11.5 Å². The van der Waals surface area contributed by atoms with Gasteiger partial charge in [-0.2, -0.15) is 16.8 Å². The number of benzene rings is 2. The largest absolute Gasteiger partial charge is 0.457 e. The van der Waals surface area contributed by atoms with Gasteiger partial charge in [0.15, 0.2) is 0 Å². The van der Waals surface area contributed by atoms with E-state index in [9.17, 15) is 16.8 Å². The van der Waals surface area contributed by atoms with E-state index >= 15 is 0 Å². The maximum absolute atomic E-state index is 12.6. The van der Waals surface area contributed by atoms with E-state index in [-0.39, 0.29) is 23.0 Å².